The molecule has 4 aliphatic rings. The molecule has 0 spiro atoms. The monoisotopic (exact) mass is 422 g/mol. The first-order valence-electron chi connectivity index (χ1n) is 9.71. The van der Waals surface area contributed by atoms with Crippen LogP contribution < -0.4 is 15.5 Å². The highest BCUT2D eigenvalue weighted by atomic mass is 19.2. The Kier molecular flexibility index (Phi) is 4.14. The molecular formula is C19H17F3N4O4. The molecule has 0 radical (unpaired) electrons. The Morgan fingerprint density at radius 2 is 1.43 bits per heavy atom. The average molecular weight is 422 g/mol. The van der Waals surface area contributed by atoms with Crippen molar-refractivity contribution in [3.05, 3.63) is 28.6 Å². The number of benzene rings is 1. The highest BCUT2D eigenvalue weighted by Crippen LogP contribution is 2.40. The molecule has 0 aromatic heterocycles. The van der Waals surface area contributed by atoms with Gasteiger partial charge in [-0.1, -0.05) is 0 Å². The molecule has 4 amide bonds. The van der Waals surface area contributed by atoms with E-state index in [0.29, 0.717) is 4.90 Å². The fourth-order valence-corrected chi connectivity index (χ4v) is 4.88. The Morgan fingerprint density at radius 1 is 0.800 bits per heavy atom. The lowest BCUT2D eigenvalue weighted by Gasteiger charge is -2.35. The summed E-state index contributed by atoms with van der Waals surface area (Å²) >= 11 is 0. The minimum atomic E-state index is -1.83. The van der Waals surface area contributed by atoms with Crippen molar-refractivity contribution in [1.82, 2.24) is 15.5 Å². The van der Waals surface area contributed by atoms with Crippen LogP contribution in [0.3, 0.4) is 0 Å². The lowest BCUT2D eigenvalue weighted by Crippen LogP contribution is -2.54. The summed E-state index contributed by atoms with van der Waals surface area (Å²) in [4.78, 5) is 51.6. The second-order valence-corrected chi connectivity index (χ2v) is 8.03. The van der Waals surface area contributed by atoms with Crippen LogP contribution in [0, 0.1) is 17.5 Å². The standard InChI is InChI=1S/C19H17F3N4O4/c20-13-11-12(19(30)26(18(11)29)9-3-4-10(27)24-17(9)28)16(15(22)14(13)21)25-5-7-1-2-8(6-25)23-7/h7-9,23H,1-6H2,(H,24,27,28)/t7-,8+,9?. The van der Waals surface area contributed by atoms with Gasteiger partial charge in [0.15, 0.2) is 17.5 Å². The number of hydrogen-bond donors (Lipinski definition) is 2. The van der Waals surface area contributed by atoms with Gasteiger partial charge in [0.05, 0.1) is 16.8 Å². The van der Waals surface area contributed by atoms with Crippen LogP contribution in [-0.2, 0) is 9.59 Å². The van der Waals surface area contributed by atoms with Crippen molar-refractivity contribution in [2.75, 3.05) is 18.0 Å². The number of rotatable bonds is 2. The summed E-state index contributed by atoms with van der Waals surface area (Å²) in [6.45, 7) is 0.537. The molecule has 1 aromatic rings. The molecular weight excluding hydrogens is 405 g/mol. The predicted molar refractivity (Wildman–Crippen MR) is 95.1 cm³/mol. The van der Waals surface area contributed by atoms with Crippen LogP contribution in [0.4, 0.5) is 18.9 Å². The third-order valence-corrected chi connectivity index (χ3v) is 6.22. The fourth-order valence-electron chi connectivity index (χ4n) is 4.88. The number of halogens is 3. The minimum Gasteiger partial charge on any atom is -0.365 e. The van der Waals surface area contributed by atoms with Gasteiger partial charge in [0, 0.05) is 31.6 Å². The highest BCUT2D eigenvalue weighted by molar-refractivity contribution is 6.25. The maximum Gasteiger partial charge on any atom is 0.265 e. The van der Waals surface area contributed by atoms with Gasteiger partial charge in [-0.05, 0) is 19.3 Å². The molecule has 0 saturated carbocycles. The van der Waals surface area contributed by atoms with Gasteiger partial charge in [-0.25, -0.2) is 13.2 Å². The molecule has 8 nitrogen and oxygen atoms in total. The lowest BCUT2D eigenvalue weighted by atomic mass is 10.0. The van der Waals surface area contributed by atoms with Crippen LogP contribution in [-0.4, -0.2) is 59.7 Å². The molecule has 3 saturated heterocycles. The van der Waals surface area contributed by atoms with Crippen LogP contribution in [0.5, 0.6) is 0 Å². The zero-order valence-electron chi connectivity index (χ0n) is 15.6. The topological polar surface area (TPSA) is 98.8 Å². The number of anilines is 1. The van der Waals surface area contributed by atoms with Crippen molar-refractivity contribution >= 4 is 29.3 Å². The first-order valence-corrected chi connectivity index (χ1v) is 9.71. The van der Waals surface area contributed by atoms with Gasteiger partial charge in [-0.2, -0.15) is 0 Å². The zero-order valence-corrected chi connectivity index (χ0v) is 15.6. The van der Waals surface area contributed by atoms with Crippen LogP contribution >= 0.6 is 0 Å². The smallest absolute Gasteiger partial charge is 0.265 e. The van der Waals surface area contributed by atoms with Crippen LogP contribution in [0.1, 0.15) is 46.4 Å². The Morgan fingerprint density at radius 3 is 2.07 bits per heavy atom. The third kappa shape index (κ3) is 2.57. The summed E-state index contributed by atoms with van der Waals surface area (Å²) in [5, 5.41) is 5.34. The van der Waals surface area contributed by atoms with Gasteiger partial charge in [0.25, 0.3) is 11.8 Å². The van der Waals surface area contributed by atoms with Crippen LogP contribution in [0.25, 0.3) is 0 Å². The van der Waals surface area contributed by atoms with E-state index in [4.69, 9.17) is 0 Å². The summed E-state index contributed by atoms with van der Waals surface area (Å²) in [6, 6.07) is -1.34. The number of amides is 4. The Bertz CT molecular complexity index is 1020. The number of hydrogen-bond acceptors (Lipinski definition) is 6. The summed E-state index contributed by atoms with van der Waals surface area (Å²) in [5.41, 5.74) is -1.89. The van der Waals surface area contributed by atoms with E-state index in [9.17, 15) is 32.3 Å². The SMILES string of the molecule is O=C1CCC(N2C(=O)c3c(F)c(F)c(F)c(N4C[C@H]5CC[C@@H](C4)N5)c3C2=O)C(=O)N1. The van der Waals surface area contributed by atoms with Gasteiger partial charge >= 0.3 is 0 Å². The molecule has 1 unspecified atom stereocenters. The van der Waals surface area contributed by atoms with Crippen molar-refractivity contribution in [1.29, 1.82) is 0 Å². The van der Waals surface area contributed by atoms with Crippen LogP contribution in [0.2, 0.25) is 0 Å². The first kappa shape index (κ1) is 19.0. The van der Waals surface area contributed by atoms with E-state index in [0.717, 1.165) is 12.8 Å². The number of carbonyl (C=O) groups excluding carboxylic acids is 4. The van der Waals surface area contributed by atoms with Gasteiger partial charge in [0.1, 0.15) is 6.04 Å². The quantitative estimate of drug-likeness (QED) is 0.531. The Hall–Kier alpha value is -2.95. The predicted octanol–water partition coefficient (Wildman–Crippen LogP) is 0.446. The van der Waals surface area contributed by atoms with E-state index in [-0.39, 0.29) is 38.0 Å². The van der Waals surface area contributed by atoms with E-state index in [1.165, 1.54) is 4.90 Å². The van der Waals surface area contributed by atoms with Gasteiger partial charge in [-0.15, -0.1) is 0 Å². The van der Waals surface area contributed by atoms with Gasteiger partial charge in [-0.3, -0.25) is 29.4 Å². The van der Waals surface area contributed by atoms with Crippen molar-refractivity contribution < 1.29 is 32.3 Å². The molecule has 3 fully saturated rings. The normalized spacial score (nSPS) is 28.3. The molecule has 30 heavy (non-hydrogen) atoms. The number of carbonyl (C=O) groups is 4. The number of imide groups is 2. The molecule has 1 aromatic carbocycles. The minimum absolute atomic E-state index is 0.00496. The number of piperidine rings is 1. The maximum atomic E-state index is 14.9. The number of piperazine rings is 1. The summed E-state index contributed by atoms with van der Waals surface area (Å²) in [7, 11) is 0. The summed E-state index contributed by atoms with van der Waals surface area (Å²) < 4.78 is 43.9. The number of nitrogens with zero attached hydrogens (tertiary/aromatic N) is 2. The molecule has 11 heteroatoms. The summed E-state index contributed by atoms with van der Waals surface area (Å²) in [5.74, 6) is -8.84. The first-order chi connectivity index (χ1) is 14.3. The Labute approximate surface area is 168 Å². The molecule has 4 heterocycles. The van der Waals surface area contributed by atoms with E-state index < -0.39 is 63.9 Å². The fraction of sp³-hybridized carbons (Fsp3) is 0.474. The van der Waals surface area contributed by atoms with Crippen molar-refractivity contribution in [3.8, 4) is 0 Å². The molecule has 158 valence electrons. The lowest BCUT2D eigenvalue weighted by molar-refractivity contribution is -0.136. The van der Waals surface area contributed by atoms with E-state index >= 15 is 0 Å². The average Bonchev–Trinajstić information content (AvgIpc) is 3.16. The number of nitrogens with one attached hydrogen (secondary N) is 2. The maximum absolute atomic E-state index is 14.9. The molecule has 2 bridgehead atoms. The van der Waals surface area contributed by atoms with E-state index in [1.54, 1.807) is 0 Å². The Balaban J connectivity index is 1.62. The highest BCUT2D eigenvalue weighted by Gasteiger charge is 2.50. The molecule has 2 N–H and O–H groups in total. The van der Waals surface area contributed by atoms with Gasteiger partial charge in [0.2, 0.25) is 11.8 Å². The third-order valence-electron chi connectivity index (χ3n) is 6.22. The molecule has 4 aliphatic heterocycles. The summed E-state index contributed by atoms with van der Waals surface area (Å²) in [6.07, 6.45) is 1.38. The second kappa shape index (κ2) is 6.53. The van der Waals surface area contributed by atoms with Gasteiger partial charge < -0.3 is 10.2 Å². The molecule has 0 aliphatic carbocycles. The van der Waals surface area contributed by atoms with Crippen molar-refractivity contribution in [2.24, 2.45) is 0 Å². The zero-order chi connectivity index (χ0) is 21.3. The molecule has 3 atom stereocenters. The second-order valence-electron chi connectivity index (χ2n) is 8.03. The number of fused-ring (bicyclic) bond motifs is 3. The van der Waals surface area contributed by atoms with E-state index in [2.05, 4.69) is 5.32 Å². The van der Waals surface area contributed by atoms with E-state index in [1.807, 2.05) is 5.32 Å². The van der Waals surface area contributed by atoms with Crippen molar-refractivity contribution in [3.63, 3.8) is 0 Å². The van der Waals surface area contributed by atoms with Crippen LogP contribution in [0.15, 0.2) is 0 Å². The molecule has 5 rings (SSSR count). The van der Waals surface area contributed by atoms with Crippen molar-refractivity contribution in [2.45, 2.75) is 43.8 Å². The largest absolute Gasteiger partial charge is 0.365 e.